The minimum absolute atomic E-state index is 0.0821. The van der Waals surface area contributed by atoms with Gasteiger partial charge >= 0.3 is 0 Å². The first kappa shape index (κ1) is 71.5. The predicted octanol–water partition coefficient (Wildman–Crippen LogP) is 23.8. The fourth-order valence-corrected chi connectivity index (χ4v) is 16.0. The van der Waals surface area contributed by atoms with Gasteiger partial charge in [-0.05, 0) is 55.5 Å². The van der Waals surface area contributed by atoms with Gasteiger partial charge in [0.25, 0.3) is 0 Å². The fraction of sp³-hybridized carbons (Fsp3) is 0.639. The largest absolute Gasteiger partial charge is 0.502 e. The molecule has 8 bridgehead atoms. The van der Waals surface area contributed by atoms with Crippen LogP contribution >= 0.6 is 0 Å². The van der Waals surface area contributed by atoms with E-state index in [2.05, 4.69) is 64.1 Å². The highest BCUT2D eigenvalue weighted by molar-refractivity contribution is 5.73. The standard InChI is InChI=1S/C83H118O12/c1-5-9-13-17-21-25-29-33-40-46-60-64-50-65-61(47-41-34-30-26-22-18-14-10-6-2)67-52-69-63(49-43-36-32-28-24-20-16-12-8-4)71-53-70-62(48-42-35-31-27-23-19-15-11-7-3)68-51-66(60)77-73(85)79(68)92-57-94-81(70)83(87-54-59-44-38-37-39-45-59)82(71)95-58-93-80(69)74(86)78(67)91-56-89-76(65)72(84)75(64)88-55-90-77/h37-39,44-45,50-53,60-63,84-86H,5-36,40-43,46-49,54-58H2,1-4H3. The molecule has 0 saturated heterocycles. The zero-order valence-electron chi connectivity index (χ0n) is 58.8. The summed E-state index contributed by atoms with van der Waals surface area (Å²) in [5.74, 6) is 1.65. The maximum Gasteiger partial charge on any atom is 0.231 e. The van der Waals surface area contributed by atoms with E-state index in [0.29, 0.717) is 64.6 Å². The maximum absolute atomic E-state index is 13.2. The Morgan fingerprint density at radius 3 is 0.737 bits per heavy atom. The molecule has 4 unspecified atom stereocenters. The highest BCUT2D eigenvalue weighted by atomic mass is 16.7. The van der Waals surface area contributed by atoms with Gasteiger partial charge in [-0.1, -0.05) is 289 Å². The van der Waals surface area contributed by atoms with Gasteiger partial charge in [0.15, 0.2) is 46.0 Å². The van der Waals surface area contributed by atoms with Gasteiger partial charge in [-0.25, -0.2) is 0 Å². The van der Waals surface area contributed by atoms with Crippen LogP contribution in [0.25, 0.3) is 0 Å². The van der Waals surface area contributed by atoms with E-state index in [0.717, 1.165) is 140 Å². The highest BCUT2D eigenvalue weighted by Gasteiger charge is 2.42. The molecule has 0 spiro atoms. The lowest BCUT2D eigenvalue weighted by Crippen LogP contribution is -2.23. The van der Waals surface area contributed by atoms with Gasteiger partial charge in [0.05, 0.1) is 0 Å². The Morgan fingerprint density at radius 2 is 0.495 bits per heavy atom. The van der Waals surface area contributed by atoms with Crippen molar-refractivity contribution in [2.75, 3.05) is 27.2 Å². The van der Waals surface area contributed by atoms with E-state index < -0.39 is 11.8 Å². The van der Waals surface area contributed by atoms with Crippen molar-refractivity contribution in [3.8, 4) is 69.0 Å². The summed E-state index contributed by atoms with van der Waals surface area (Å²) in [5.41, 5.74) is 7.84. The molecule has 0 radical (unpaired) electrons. The third kappa shape index (κ3) is 18.5. The molecule has 4 heterocycles. The Bertz CT molecular complexity index is 2960. The van der Waals surface area contributed by atoms with Crippen molar-refractivity contribution in [1.82, 2.24) is 0 Å². The van der Waals surface area contributed by atoms with E-state index in [1.165, 1.54) is 154 Å². The molecule has 95 heavy (non-hydrogen) atoms. The molecule has 5 aromatic rings. The van der Waals surface area contributed by atoms with Crippen molar-refractivity contribution in [2.45, 2.75) is 315 Å². The molecule has 4 atom stereocenters. The summed E-state index contributed by atoms with van der Waals surface area (Å²) in [5, 5.41) is 39.5. The number of rotatable bonds is 43. The maximum atomic E-state index is 13.2. The lowest BCUT2D eigenvalue weighted by atomic mass is 9.75. The molecule has 10 rings (SSSR count). The van der Waals surface area contributed by atoms with Crippen molar-refractivity contribution in [1.29, 1.82) is 0 Å². The SMILES string of the molecule is CCCCCCCCCCCC1c2cc3c4c(O)c2OCOc2c1cc1c(c2O)OCOc2c(cc5c(c2OCc2ccccc2)OCOc2c(cc(c(c2O)OCO4)C3CCCCCCCCCCC)C5CCCCCCCCCCC)C1CCCCCCCCCCC. The third-order valence-corrected chi connectivity index (χ3v) is 21.3. The monoisotopic (exact) mass is 1310 g/mol. The van der Waals surface area contributed by atoms with Gasteiger partial charge in [-0.3, -0.25) is 0 Å². The first-order chi connectivity index (χ1) is 46.9. The fourth-order valence-electron chi connectivity index (χ4n) is 16.0. The number of phenols is 3. The second-order valence-corrected chi connectivity index (χ2v) is 28.3. The van der Waals surface area contributed by atoms with E-state index >= 15 is 0 Å². The number of hydrogen-bond acceptors (Lipinski definition) is 12. The van der Waals surface area contributed by atoms with E-state index in [9.17, 15) is 15.3 Å². The molecule has 0 aromatic heterocycles. The second-order valence-electron chi connectivity index (χ2n) is 28.3. The zero-order valence-corrected chi connectivity index (χ0v) is 58.8. The van der Waals surface area contributed by atoms with Crippen LogP contribution in [0.3, 0.4) is 0 Å². The van der Waals surface area contributed by atoms with Gasteiger partial charge in [0.1, 0.15) is 6.61 Å². The van der Waals surface area contributed by atoms with Crippen molar-refractivity contribution in [3.05, 3.63) is 105 Å². The average Bonchev–Trinajstić information content (AvgIpc) is 0.728. The average molecular weight is 1310 g/mol. The van der Waals surface area contributed by atoms with Crippen molar-refractivity contribution in [3.63, 3.8) is 0 Å². The van der Waals surface area contributed by atoms with E-state index in [1.54, 1.807) is 0 Å². The Morgan fingerprint density at radius 1 is 0.284 bits per heavy atom. The Balaban J connectivity index is 1.20. The molecular weight excluding hydrogens is 1190 g/mol. The summed E-state index contributed by atoms with van der Waals surface area (Å²) >= 11 is 0. The van der Waals surface area contributed by atoms with Gasteiger partial charge < -0.3 is 58.0 Å². The number of ether oxygens (including phenoxy) is 9. The second kappa shape index (κ2) is 38.0. The zero-order chi connectivity index (χ0) is 66.0. The summed E-state index contributed by atoms with van der Waals surface area (Å²) in [6.07, 6.45) is 45.0. The number of hydrogen-bond donors (Lipinski definition) is 3. The van der Waals surface area contributed by atoms with E-state index in [-0.39, 0.29) is 62.9 Å². The Hall–Kier alpha value is -6.30. The summed E-state index contributed by atoms with van der Waals surface area (Å²) < 4.78 is 61.7. The molecule has 5 aromatic carbocycles. The van der Waals surface area contributed by atoms with Crippen LogP contribution in [-0.2, 0) is 6.61 Å². The van der Waals surface area contributed by atoms with Gasteiger partial charge in [0, 0.05) is 68.2 Å². The molecule has 12 heteroatoms. The summed E-state index contributed by atoms with van der Waals surface area (Å²) in [4.78, 5) is 0. The summed E-state index contributed by atoms with van der Waals surface area (Å²) in [6, 6.07) is 19.4. The molecule has 0 saturated carbocycles. The van der Waals surface area contributed by atoms with Crippen LogP contribution in [0.5, 0.6) is 69.0 Å². The molecule has 4 aliphatic heterocycles. The van der Waals surface area contributed by atoms with Crippen molar-refractivity contribution < 1.29 is 58.0 Å². The number of benzene rings is 5. The van der Waals surface area contributed by atoms with Gasteiger partial charge in [-0.2, -0.15) is 0 Å². The Kier molecular flexibility index (Phi) is 28.6. The number of aromatic hydroxyl groups is 3. The predicted molar refractivity (Wildman–Crippen MR) is 381 cm³/mol. The first-order valence-corrected chi connectivity index (χ1v) is 38.5. The van der Waals surface area contributed by atoms with E-state index in [4.69, 9.17) is 42.6 Å². The van der Waals surface area contributed by atoms with Crippen LogP contribution in [0.2, 0.25) is 0 Å². The van der Waals surface area contributed by atoms with Crippen LogP contribution in [0.15, 0.2) is 54.6 Å². The summed E-state index contributed by atoms with van der Waals surface area (Å²) in [7, 11) is 0. The van der Waals surface area contributed by atoms with Crippen LogP contribution in [0.4, 0.5) is 0 Å². The normalized spacial score (nSPS) is 17.1. The van der Waals surface area contributed by atoms with Crippen LogP contribution in [0, 0.1) is 0 Å². The molecule has 522 valence electrons. The van der Waals surface area contributed by atoms with Crippen molar-refractivity contribution >= 4 is 0 Å². The molecular formula is C83H118O12. The van der Waals surface area contributed by atoms with Crippen LogP contribution in [-0.4, -0.2) is 42.5 Å². The van der Waals surface area contributed by atoms with Gasteiger partial charge in [0.2, 0.25) is 50.2 Å². The molecule has 0 fully saturated rings. The summed E-state index contributed by atoms with van der Waals surface area (Å²) in [6.45, 7) is 8.28. The topological polar surface area (TPSA) is 144 Å². The minimum Gasteiger partial charge on any atom is -0.502 e. The smallest absolute Gasteiger partial charge is 0.231 e. The van der Waals surface area contributed by atoms with Gasteiger partial charge in [-0.15, -0.1) is 0 Å². The van der Waals surface area contributed by atoms with Crippen molar-refractivity contribution in [2.24, 2.45) is 0 Å². The molecule has 12 nitrogen and oxygen atoms in total. The van der Waals surface area contributed by atoms with E-state index in [1.807, 2.05) is 18.2 Å². The Labute approximate surface area is 570 Å². The number of unbranched alkanes of at least 4 members (excludes halogenated alkanes) is 32. The molecule has 1 aliphatic carbocycles. The quantitative estimate of drug-likeness (QED) is 0.0320. The third-order valence-electron chi connectivity index (χ3n) is 21.3. The lowest BCUT2D eigenvalue weighted by Gasteiger charge is -2.36. The molecule has 3 N–H and O–H groups in total. The minimum atomic E-state index is -0.406. The number of phenolic OH excluding ortho intramolecular Hbond substituents is 3. The first-order valence-electron chi connectivity index (χ1n) is 38.5. The van der Waals surface area contributed by atoms with Crippen LogP contribution < -0.4 is 42.6 Å². The highest BCUT2D eigenvalue weighted by Crippen LogP contribution is 2.62. The van der Waals surface area contributed by atoms with Crippen LogP contribution in [0.1, 0.15) is 358 Å². The lowest BCUT2D eigenvalue weighted by molar-refractivity contribution is 0.0849. The molecule has 5 aliphatic rings. The molecule has 0 amide bonds.